The number of carbonyl (C=O) groups excluding carboxylic acids is 1. The zero-order valence-corrected chi connectivity index (χ0v) is 14.1. The van der Waals surface area contributed by atoms with E-state index < -0.39 is 0 Å². The van der Waals surface area contributed by atoms with Crippen molar-refractivity contribution in [3.05, 3.63) is 29.3 Å². The molecule has 0 aromatic heterocycles. The van der Waals surface area contributed by atoms with Gasteiger partial charge >= 0.3 is 0 Å². The number of amides is 1. The number of rotatable bonds is 5. The highest BCUT2D eigenvalue weighted by Gasteiger charge is 2.21. The molecule has 0 atom stereocenters. The maximum absolute atomic E-state index is 12.1. The number of aliphatic hydroxyl groups excluding tert-OH is 1. The first-order chi connectivity index (χ1) is 10.1. The Bertz CT molecular complexity index is 488. The second-order valence-electron chi connectivity index (χ2n) is 5.85. The van der Waals surface area contributed by atoms with Crippen LogP contribution in [0.5, 0.6) is 0 Å². The van der Waals surface area contributed by atoms with Crippen LogP contribution in [0.15, 0.2) is 18.2 Å². The topological polar surface area (TPSA) is 57.0 Å². The Morgan fingerprint density at radius 3 is 2.55 bits per heavy atom. The van der Waals surface area contributed by atoms with Crippen LogP contribution in [0.3, 0.4) is 0 Å². The third-order valence-corrected chi connectivity index (χ3v) is 4.19. The van der Waals surface area contributed by atoms with E-state index in [0.717, 1.165) is 38.4 Å². The van der Waals surface area contributed by atoms with E-state index in [0.29, 0.717) is 6.54 Å². The third kappa shape index (κ3) is 5.57. The molecule has 1 aromatic carbocycles. The largest absolute Gasteiger partial charge is 1.00 e. The Balaban J connectivity index is 0.00000242. The molecule has 0 aliphatic carbocycles. The van der Waals surface area contributed by atoms with E-state index in [-0.39, 0.29) is 24.9 Å². The van der Waals surface area contributed by atoms with E-state index >= 15 is 0 Å². The van der Waals surface area contributed by atoms with Gasteiger partial charge in [-0.15, -0.1) is 0 Å². The van der Waals surface area contributed by atoms with Crippen LogP contribution in [0.25, 0.3) is 0 Å². The number of benzene rings is 1. The second-order valence-corrected chi connectivity index (χ2v) is 5.85. The lowest BCUT2D eigenvalue weighted by atomic mass is 10.1. The van der Waals surface area contributed by atoms with Gasteiger partial charge in [-0.1, -0.05) is 6.07 Å². The van der Waals surface area contributed by atoms with Gasteiger partial charge < -0.3 is 27.7 Å². The number of hydrogen-bond donors (Lipinski definition) is 3. The predicted octanol–water partition coefficient (Wildman–Crippen LogP) is -3.56. The van der Waals surface area contributed by atoms with Crippen molar-refractivity contribution < 1.29 is 27.2 Å². The lowest BCUT2D eigenvalue weighted by Gasteiger charge is -2.31. The van der Waals surface area contributed by atoms with Crippen molar-refractivity contribution >= 4 is 11.6 Å². The fraction of sp³-hybridized carbons (Fsp3) is 0.562. The Kier molecular flexibility index (Phi) is 7.82. The van der Waals surface area contributed by atoms with Crippen molar-refractivity contribution in [2.75, 3.05) is 51.2 Å². The lowest BCUT2D eigenvalue weighted by Crippen LogP contribution is -3.15. The zero-order chi connectivity index (χ0) is 15.2. The van der Waals surface area contributed by atoms with Crippen LogP contribution in [-0.2, 0) is 4.79 Å². The quantitative estimate of drug-likeness (QED) is 0.525. The molecule has 0 bridgehead atoms. The number of nitrogens with one attached hydrogen (secondary N) is 2. The van der Waals surface area contributed by atoms with Crippen LogP contribution < -0.4 is 22.6 Å². The van der Waals surface area contributed by atoms with Crippen LogP contribution in [0, 0.1) is 13.8 Å². The number of piperazine rings is 1. The normalized spacial score (nSPS) is 16.1. The number of carbonyl (C=O) groups is 1. The van der Waals surface area contributed by atoms with Gasteiger partial charge in [0.2, 0.25) is 5.91 Å². The van der Waals surface area contributed by atoms with Gasteiger partial charge in [-0.25, -0.2) is 0 Å². The molecule has 1 aromatic rings. The van der Waals surface area contributed by atoms with Crippen LogP contribution in [-0.4, -0.2) is 61.8 Å². The zero-order valence-electron chi connectivity index (χ0n) is 13.4. The van der Waals surface area contributed by atoms with Crippen LogP contribution >= 0.6 is 0 Å². The van der Waals surface area contributed by atoms with Gasteiger partial charge in [0.05, 0.1) is 26.2 Å². The summed E-state index contributed by atoms with van der Waals surface area (Å²) in [4.78, 5) is 15.7. The minimum atomic E-state index is 0. The maximum Gasteiger partial charge on any atom is 0.238 e. The molecule has 22 heavy (non-hydrogen) atoms. The monoisotopic (exact) mass is 327 g/mol. The van der Waals surface area contributed by atoms with Crippen molar-refractivity contribution in [3.63, 3.8) is 0 Å². The molecule has 1 saturated heterocycles. The van der Waals surface area contributed by atoms with E-state index in [1.807, 2.05) is 25.1 Å². The molecule has 1 amide bonds. The highest BCUT2D eigenvalue weighted by Crippen LogP contribution is 2.14. The van der Waals surface area contributed by atoms with Gasteiger partial charge in [-0.3, -0.25) is 9.69 Å². The summed E-state index contributed by atoms with van der Waals surface area (Å²) in [6.07, 6.45) is 0. The van der Waals surface area contributed by atoms with Gasteiger partial charge in [-0.05, 0) is 37.1 Å². The standard InChI is InChI=1S/C16H25N3O2.ClH/c1-13-3-4-15(11-14(13)2)17-16(21)12-19-7-5-18(6-8-19)9-10-20;/h3-4,11,20H,5-10,12H2,1-2H3,(H,17,21);1H. The fourth-order valence-corrected chi connectivity index (χ4v) is 2.66. The van der Waals surface area contributed by atoms with Gasteiger partial charge in [0.15, 0.2) is 0 Å². The summed E-state index contributed by atoms with van der Waals surface area (Å²) < 4.78 is 0. The molecule has 1 fully saturated rings. The average molecular weight is 328 g/mol. The molecule has 1 heterocycles. The smallest absolute Gasteiger partial charge is 0.238 e. The number of nitrogens with zero attached hydrogens (tertiary/aromatic N) is 1. The SMILES string of the molecule is Cc1ccc(NC(=O)CN2CC[NH+](CCO)CC2)cc1C.[Cl-]. The molecule has 1 aliphatic heterocycles. The second kappa shape index (κ2) is 9.10. The molecule has 0 unspecified atom stereocenters. The molecule has 5 nitrogen and oxygen atoms in total. The van der Waals surface area contributed by atoms with E-state index in [9.17, 15) is 4.79 Å². The highest BCUT2D eigenvalue weighted by atomic mass is 35.5. The molecule has 0 radical (unpaired) electrons. The summed E-state index contributed by atoms with van der Waals surface area (Å²) >= 11 is 0. The van der Waals surface area contributed by atoms with Crippen molar-refractivity contribution in [3.8, 4) is 0 Å². The lowest BCUT2D eigenvalue weighted by molar-refractivity contribution is -0.904. The van der Waals surface area contributed by atoms with Crippen LogP contribution in [0.1, 0.15) is 11.1 Å². The van der Waals surface area contributed by atoms with Gasteiger partial charge in [0.1, 0.15) is 6.54 Å². The Labute approximate surface area is 138 Å². The minimum absolute atomic E-state index is 0. The molecule has 0 spiro atoms. The Morgan fingerprint density at radius 2 is 1.95 bits per heavy atom. The molecule has 124 valence electrons. The fourth-order valence-electron chi connectivity index (χ4n) is 2.66. The summed E-state index contributed by atoms with van der Waals surface area (Å²) in [5, 5.41) is 11.9. The number of quaternary nitrogens is 1. The van der Waals surface area contributed by atoms with Gasteiger partial charge in [0.25, 0.3) is 0 Å². The molecule has 6 heteroatoms. The molecule has 3 N–H and O–H groups in total. The first-order valence-electron chi connectivity index (χ1n) is 7.62. The number of halogens is 1. The molecular formula is C16H26ClN3O2. The van der Waals surface area contributed by atoms with Crippen molar-refractivity contribution in [2.24, 2.45) is 0 Å². The van der Waals surface area contributed by atoms with Gasteiger partial charge in [-0.2, -0.15) is 0 Å². The van der Waals surface area contributed by atoms with Crippen molar-refractivity contribution in [1.29, 1.82) is 0 Å². The predicted molar refractivity (Wildman–Crippen MR) is 83.6 cm³/mol. The molecule has 1 aliphatic rings. The third-order valence-electron chi connectivity index (χ3n) is 4.19. The maximum atomic E-state index is 12.1. The van der Waals surface area contributed by atoms with E-state index in [2.05, 4.69) is 17.1 Å². The van der Waals surface area contributed by atoms with Crippen LogP contribution in [0.4, 0.5) is 5.69 Å². The summed E-state index contributed by atoms with van der Waals surface area (Å²) in [6, 6.07) is 5.99. The highest BCUT2D eigenvalue weighted by molar-refractivity contribution is 5.92. The van der Waals surface area contributed by atoms with E-state index in [4.69, 9.17) is 5.11 Å². The van der Waals surface area contributed by atoms with E-state index in [1.54, 1.807) is 0 Å². The molecular weight excluding hydrogens is 302 g/mol. The first-order valence-corrected chi connectivity index (χ1v) is 7.62. The number of hydrogen-bond acceptors (Lipinski definition) is 3. The summed E-state index contributed by atoms with van der Waals surface area (Å²) in [5.74, 6) is 0.0452. The summed E-state index contributed by atoms with van der Waals surface area (Å²) in [5.41, 5.74) is 3.29. The summed E-state index contributed by atoms with van der Waals surface area (Å²) in [7, 11) is 0. The molecule has 0 saturated carbocycles. The number of aliphatic hydroxyl groups is 1. The Hall–Kier alpha value is -1.14. The Morgan fingerprint density at radius 1 is 1.27 bits per heavy atom. The minimum Gasteiger partial charge on any atom is -1.00 e. The van der Waals surface area contributed by atoms with Gasteiger partial charge in [0, 0.05) is 18.8 Å². The number of aryl methyl sites for hydroxylation is 2. The van der Waals surface area contributed by atoms with Crippen molar-refractivity contribution in [1.82, 2.24) is 4.90 Å². The first kappa shape index (κ1) is 18.9. The number of anilines is 1. The molecule has 2 rings (SSSR count). The van der Waals surface area contributed by atoms with Crippen molar-refractivity contribution in [2.45, 2.75) is 13.8 Å². The van der Waals surface area contributed by atoms with E-state index in [1.165, 1.54) is 16.0 Å². The summed E-state index contributed by atoms with van der Waals surface area (Å²) in [6.45, 7) is 9.42. The average Bonchev–Trinajstić information content (AvgIpc) is 2.45. The van der Waals surface area contributed by atoms with Crippen LogP contribution in [0.2, 0.25) is 0 Å².